The van der Waals surface area contributed by atoms with E-state index in [1.807, 2.05) is 6.92 Å². The third kappa shape index (κ3) is 1.93. The van der Waals surface area contributed by atoms with Crippen molar-refractivity contribution in [3.05, 3.63) is 29.8 Å². The van der Waals surface area contributed by atoms with Gasteiger partial charge in [0.25, 0.3) is 0 Å². The maximum atomic E-state index is 8.93. The first-order valence-corrected chi connectivity index (χ1v) is 3.42. The number of nitrogens with one attached hydrogen (secondary N) is 1. The molecule has 0 heterocycles. The van der Waals surface area contributed by atoms with Crippen LogP contribution in [-0.4, -0.2) is 10.3 Å². The molecule has 0 spiro atoms. The number of rotatable bonds is 2. The summed E-state index contributed by atoms with van der Waals surface area (Å²) in [6, 6.07) is 6.58. The molecule has 1 aromatic carbocycles. The summed E-state index contributed by atoms with van der Waals surface area (Å²) >= 11 is 0. The van der Waals surface area contributed by atoms with Crippen LogP contribution in [0.3, 0.4) is 0 Å². The first-order chi connectivity index (χ1) is 5.24. The Hall–Kier alpha value is -1.06. The fourth-order valence-electron chi connectivity index (χ4n) is 0.838. The van der Waals surface area contributed by atoms with Gasteiger partial charge < -0.3 is 10.3 Å². The van der Waals surface area contributed by atoms with Gasteiger partial charge in [-0.25, -0.2) is 0 Å². The average molecular weight is 153 g/mol. The Morgan fingerprint density at radius 2 is 1.82 bits per heavy atom. The second kappa shape index (κ2) is 3.37. The number of benzene rings is 1. The minimum Gasteiger partial charge on any atom is -0.508 e. The standard InChI is InChI=1S/C8H11NO2/c1-6(9-11)7-2-4-8(10)5-3-7/h2-6,9-11H,1H3. The molecule has 3 N–H and O–H groups in total. The molecule has 0 aliphatic rings. The summed E-state index contributed by atoms with van der Waals surface area (Å²) in [5.74, 6) is 0.235. The average Bonchev–Trinajstić information content (AvgIpc) is 2.05. The first-order valence-electron chi connectivity index (χ1n) is 3.42. The number of hydrogen-bond donors (Lipinski definition) is 3. The zero-order valence-corrected chi connectivity index (χ0v) is 6.28. The quantitative estimate of drug-likeness (QED) is 0.563. The van der Waals surface area contributed by atoms with Crippen molar-refractivity contribution in [3.63, 3.8) is 0 Å². The molecule has 11 heavy (non-hydrogen) atoms. The van der Waals surface area contributed by atoms with Gasteiger partial charge in [0.15, 0.2) is 0 Å². The van der Waals surface area contributed by atoms with E-state index < -0.39 is 0 Å². The van der Waals surface area contributed by atoms with Crippen molar-refractivity contribution < 1.29 is 10.3 Å². The predicted molar refractivity (Wildman–Crippen MR) is 41.4 cm³/mol. The van der Waals surface area contributed by atoms with Gasteiger partial charge in [0.1, 0.15) is 5.75 Å². The molecule has 0 fully saturated rings. The molecule has 1 atom stereocenters. The molecule has 1 rings (SSSR count). The summed E-state index contributed by atoms with van der Waals surface area (Å²) in [5, 5.41) is 17.5. The highest BCUT2D eigenvalue weighted by molar-refractivity contribution is 5.27. The highest BCUT2D eigenvalue weighted by Crippen LogP contribution is 2.15. The van der Waals surface area contributed by atoms with Crippen LogP contribution in [0.1, 0.15) is 18.5 Å². The number of phenols is 1. The van der Waals surface area contributed by atoms with Gasteiger partial charge in [-0.3, -0.25) is 0 Å². The molecule has 0 aromatic heterocycles. The van der Waals surface area contributed by atoms with Gasteiger partial charge in [-0.05, 0) is 24.6 Å². The number of phenolic OH excluding ortho intramolecular Hbond substituents is 1. The fourth-order valence-corrected chi connectivity index (χ4v) is 0.838. The fraction of sp³-hybridized carbons (Fsp3) is 0.250. The molecular weight excluding hydrogens is 142 g/mol. The van der Waals surface area contributed by atoms with Crippen molar-refractivity contribution in [2.45, 2.75) is 13.0 Å². The molecule has 0 aliphatic heterocycles. The van der Waals surface area contributed by atoms with Crippen LogP contribution in [0.15, 0.2) is 24.3 Å². The summed E-state index contributed by atoms with van der Waals surface area (Å²) in [5.41, 5.74) is 3.05. The molecular formula is C8H11NO2. The number of hydrogen-bond acceptors (Lipinski definition) is 3. The van der Waals surface area contributed by atoms with Gasteiger partial charge >= 0.3 is 0 Å². The Morgan fingerprint density at radius 3 is 2.27 bits per heavy atom. The molecule has 0 bridgehead atoms. The van der Waals surface area contributed by atoms with E-state index >= 15 is 0 Å². The smallest absolute Gasteiger partial charge is 0.115 e. The summed E-state index contributed by atoms with van der Waals surface area (Å²) in [6.07, 6.45) is 0. The van der Waals surface area contributed by atoms with Crippen molar-refractivity contribution in [1.29, 1.82) is 0 Å². The summed E-state index contributed by atoms with van der Waals surface area (Å²) in [4.78, 5) is 0. The topological polar surface area (TPSA) is 52.5 Å². The molecule has 0 saturated heterocycles. The second-order valence-electron chi connectivity index (χ2n) is 2.44. The minimum absolute atomic E-state index is 0.101. The summed E-state index contributed by atoms with van der Waals surface area (Å²) in [7, 11) is 0. The number of hydroxylamine groups is 1. The lowest BCUT2D eigenvalue weighted by Gasteiger charge is -2.08. The maximum Gasteiger partial charge on any atom is 0.115 e. The van der Waals surface area contributed by atoms with E-state index in [0.717, 1.165) is 5.56 Å². The van der Waals surface area contributed by atoms with E-state index in [-0.39, 0.29) is 11.8 Å². The van der Waals surface area contributed by atoms with Crippen LogP contribution in [0.25, 0.3) is 0 Å². The molecule has 3 nitrogen and oxygen atoms in total. The third-order valence-corrected chi connectivity index (χ3v) is 1.59. The molecule has 0 aliphatic carbocycles. The van der Waals surface area contributed by atoms with E-state index in [9.17, 15) is 0 Å². The summed E-state index contributed by atoms with van der Waals surface area (Å²) in [6.45, 7) is 1.83. The molecule has 60 valence electrons. The van der Waals surface area contributed by atoms with Gasteiger partial charge in [0.2, 0.25) is 0 Å². The van der Waals surface area contributed by atoms with Crippen molar-refractivity contribution in [1.82, 2.24) is 5.48 Å². The van der Waals surface area contributed by atoms with E-state index in [1.165, 1.54) is 0 Å². The van der Waals surface area contributed by atoms with Gasteiger partial charge in [-0.15, -0.1) is 0 Å². The minimum atomic E-state index is -0.101. The highest BCUT2D eigenvalue weighted by atomic mass is 16.5. The Morgan fingerprint density at radius 1 is 1.27 bits per heavy atom. The zero-order chi connectivity index (χ0) is 8.27. The van der Waals surface area contributed by atoms with Gasteiger partial charge in [0.05, 0.1) is 6.04 Å². The van der Waals surface area contributed by atoms with Crippen LogP contribution in [0, 0.1) is 0 Å². The summed E-state index contributed by atoms with van der Waals surface area (Å²) < 4.78 is 0. The monoisotopic (exact) mass is 153 g/mol. The van der Waals surface area contributed by atoms with Gasteiger partial charge in [-0.1, -0.05) is 12.1 Å². The Labute approximate surface area is 65.3 Å². The zero-order valence-electron chi connectivity index (χ0n) is 6.28. The van der Waals surface area contributed by atoms with E-state index in [2.05, 4.69) is 5.48 Å². The molecule has 0 amide bonds. The molecule has 3 heteroatoms. The van der Waals surface area contributed by atoms with Crippen LogP contribution >= 0.6 is 0 Å². The lowest BCUT2D eigenvalue weighted by atomic mass is 10.1. The van der Waals surface area contributed by atoms with Crippen LogP contribution in [0.5, 0.6) is 5.75 Å². The lowest BCUT2D eigenvalue weighted by molar-refractivity contribution is 0.133. The van der Waals surface area contributed by atoms with E-state index in [4.69, 9.17) is 10.3 Å². The Bertz CT molecular complexity index is 220. The van der Waals surface area contributed by atoms with Gasteiger partial charge in [-0.2, -0.15) is 5.48 Å². The molecule has 0 saturated carbocycles. The van der Waals surface area contributed by atoms with Crippen LogP contribution in [0.2, 0.25) is 0 Å². The largest absolute Gasteiger partial charge is 0.508 e. The van der Waals surface area contributed by atoms with Crippen molar-refractivity contribution in [2.24, 2.45) is 0 Å². The SMILES string of the molecule is CC(NO)c1ccc(O)cc1. The molecule has 1 aromatic rings. The first kappa shape index (κ1) is 8.04. The third-order valence-electron chi connectivity index (χ3n) is 1.59. The van der Waals surface area contributed by atoms with Crippen LogP contribution in [-0.2, 0) is 0 Å². The normalized spacial score (nSPS) is 12.9. The molecule has 0 radical (unpaired) electrons. The maximum absolute atomic E-state index is 8.93. The molecule has 1 unspecified atom stereocenters. The second-order valence-corrected chi connectivity index (χ2v) is 2.44. The Kier molecular flexibility index (Phi) is 2.46. The lowest BCUT2D eigenvalue weighted by Crippen LogP contribution is -2.12. The highest BCUT2D eigenvalue weighted by Gasteiger charge is 2.01. The van der Waals surface area contributed by atoms with Gasteiger partial charge in [0, 0.05) is 0 Å². The Balaban J connectivity index is 2.81. The van der Waals surface area contributed by atoms with Crippen LogP contribution < -0.4 is 5.48 Å². The number of aromatic hydroxyl groups is 1. The van der Waals surface area contributed by atoms with Crippen molar-refractivity contribution in [2.75, 3.05) is 0 Å². The van der Waals surface area contributed by atoms with Crippen LogP contribution in [0.4, 0.5) is 0 Å². The van der Waals surface area contributed by atoms with Crippen molar-refractivity contribution in [3.8, 4) is 5.75 Å². The van der Waals surface area contributed by atoms with E-state index in [0.29, 0.717) is 0 Å². The van der Waals surface area contributed by atoms with E-state index in [1.54, 1.807) is 24.3 Å². The predicted octanol–water partition coefficient (Wildman–Crippen LogP) is 1.43. The van der Waals surface area contributed by atoms with Crippen molar-refractivity contribution >= 4 is 0 Å².